The number of nitrogens with one attached hydrogen (secondary N) is 1. The molecule has 1 aliphatic carbocycles. The van der Waals surface area contributed by atoms with Crippen molar-refractivity contribution in [2.45, 2.75) is 64.1 Å². The van der Waals surface area contributed by atoms with E-state index < -0.39 is 11.9 Å². The monoisotopic (exact) mass is 430 g/mol. The summed E-state index contributed by atoms with van der Waals surface area (Å²) in [5, 5.41) is 3.63. The molecule has 1 N–H and O–H groups in total. The number of carbonyl (C=O) groups excluding carboxylic acids is 2. The van der Waals surface area contributed by atoms with Gasteiger partial charge in [-0.15, -0.1) is 0 Å². The summed E-state index contributed by atoms with van der Waals surface area (Å²) in [6.45, 7) is 1.74. The highest BCUT2D eigenvalue weighted by Crippen LogP contribution is 2.19. The first kappa shape index (κ1) is 22.3. The summed E-state index contributed by atoms with van der Waals surface area (Å²) >= 11 is 6.04. The molecule has 1 atom stereocenters. The summed E-state index contributed by atoms with van der Waals surface area (Å²) < 4.78 is 14.3. The zero-order chi connectivity index (χ0) is 21.5. The van der Waals surface area contributed by atoms with Gasteiger partial charge in [0.25, 0.3) is 0 Å². The van der Waals surface area contributed by atoms with Gasteiger partial charge < -0.3 is 10.2 Å². The highest BCUT2D eigenvalue weighted by Gasteiger charge is 2.28. The Hall–Kier alpha value is -2.40. The molecule has 0 aromatic heterocycles. The molecule has 0 heterocycles. The third-order valence-corrected chi connectivity index (χ3v) is 5.90. The first-order valence-corrected chi connectivity index (χ1v) is 10.9. The molecule has 2 aromatic carbocycles. The average Bonchev–Trinajstić information content (AvgIpc) is 2.73. The SMILES string of the molecule is CC(C(=O)NC1CCCCC1)N(Cc1ccccc1F)C(=O)Cc1cccc(Cl)c1. The minimum absolute atomic E-state index is 0.0331. The van der Waals surface area contributed by atoms with Crippen LogP contribution in [0.3, 0.4) is 0 Å². The molecule has 0 radical (unpaired) electrons. The molecule has 2 aromatic rings. The van der Waals surface area contributed by atoms with Crippen molar-refractivity contribution in [2.75, 3.05) is 0 Å². The molecule has 1 fully saturated rings. The van der Waals surface area contributed by atoms with Crippen LogP contribution in [0.15, 0.2) is 48.5 Å². The van der Waals surface area contributed by atoms with Crippen molar-refractivity contribution in [3.63, 3.8) is 0 Å². The fourth-order valence-electron chi connectivity index (χ4n) is 3.88. The lowest BCUT2D eigenvalue weighted by Gasteiger charge is -2.31. The maximum atomic E-state index is 14.3. The summed E-state index contributed by atoms with van der Waals surface area (Å²) in [6.07, 6.45) is 5.41. The Balaban J connectivity index is 1.77. The maximum absolute atomic E-state index is 14.3. The van der Waals surface area contributed by atoms with E-state index in [0.717, 1.165) is 31.2 Å². The summed E-state index contributed by atoms with van der Waals surface area (Å²) in [7, 11) is 0. The van der Waals surface area contributed by atoms with Crippen molar-refractivity contribution in [1.29, 1.82) is 0 Å². The molecule has 30 heavy (non-hydrogen) atoms. The molecule has 1 saturated carbocycles. The minimum atomic E-state index is -0.710. The van der Waals surface area contributed by atoms with Gasteiger partial charge in [0.05, 0.1) is 6.42 Å². The topological polar surface area (TPSA) is 49.4 Å². The number of benzene rings is 2. The molecule has 1 aliphatic rings. The van der Waals surface area contributed by atoms with E-state index in [1.165, 1.54) is 17.4 Å². The predicted octanol–water partition coefficient (Wildman–Crippen LogP) is 4.89. The fraction of sp³-hybridized carbons (Fsp3) is 0.417. The smallest absolute Gasteiger partial charge is 0.242 e. The quantitative estimate of drug-likeness (QED) is 0.680. The minimum Gasteiger partial charge on any atom is -0.352 e. The molecule has 0 spiro atoms. The van der Waals surface area contributed by atoms with Crippen molar-refractivity contribution in [1.82, 2.24) is 10.2 Å². The number of rotatable bonds is 7. The third-order valence-electron chi connectivity index (χ3n) is 5.66. The second-order valence-electron chi connectivity index (χ2n) is 7.94. The second-order valence-corrected chi connectivity index (χ2v) is 8.38. The third kappa shape index (κ3) is 6.05. The summed E-state index contributed by atoms with van der Waals surface area (Å²) in [5.74, 6) is -0.831. The van der Waals surface area contributed by atoms with Gasteiger partial charge in [-0.3, -0.25) is 9.59 Å². The van der Waals surface area contributed by atoms with Gasteiger partial charge in [-0.25, -0.2) is 4.39 Å². The molecule has 2 amide bonds. The lowest BCUT2D eigenvalue weighted by atomic mass is 9.95. The predicted molar refractivity (Wildman–Crippen MR) is 117 cm³/mol. The second kappa shape index (κ2) is 10.6. The lowest BCUT2D eigenvalue weighted by molar-refractivity contribution is -0.140. The molecule has 6 heteroatoms. The lowest BCUT2D eigenvalue weighted by Crippen LogP contribution is -2.50. The summed E-state index contributed by atoms with van der Waals surface area (Å²) in [4.78, 5) is 27.5. The Bertz CT molecular complexity index is 883. The summed E-state index contributed by atoms with van der Waals surface area (Å²) in [6, 6.07) is 12.8. The molecule has 3 rings (SSSR count). The number of hydrogen-bond donors (Lipinski definition) is 1. The number of amides is 2. The van der Waals surface area contributed by atoms with Crippen LogP contribution in [-0.4, -0.2) is 28.8 Å². The highest BCUT2D eigenvalue weighted by atomic mass is 35.5. The maximum Gasteiger partial charge on any atom is 0.242 e. The van der Waals surface area contributed by atoms with Crippen LogP contribution in [0.1, 0.15) is 50.2 Å². The molecular formula is C24H28ClFN2O2. The van der Waals surface area contributed by atoms with Crippen molar-refractivity contribution in [2.24, 2.45) is 0 Å². The van der Waals surface area contributed by atoms with Crippen LogP contribution in [0.2, 0.25) is 5.02 Å². The molecule has 0 aliphatic heterocycles. The van der Waals surface area contributed by atoms with E-state index in [9.17, 15) is 14.0 Å². The van der Waals surface area contributed by atoms with Gasteiger partial charge >= 0.3 is 0 Å². The van der Waals surface area contributed by atoms with Crippen molar-refractivity contribution < 1.29 is 14.0 Å². The fourth-order valence-corrected chi connectivity index (χ4v) is 4.10. The van der Waals surface area contributed by atoms with E-state index in [0.29, 0.717) is 10.6 Å². The van der Waals surface area contributed by atoms with E-state index in [-0.39, 0.29) is 30.8 Å². The standard InChI is InChI=1S/C24H28ClFN2O2/c1-17(24(30)27-21-11-3-2-4-12-21)28(16-19-9-5-6-13-22(19)26)23(29)15-18-8-7-10-20(25)14-18/h5-10,13-14,17,21H,2-4,11-12,15-16H2,1H3,(H,27,30). The highest BCUT2D eigenvalue weighted by molar-refractivity contribution is 6.30. The van der Waals surface area contributed by atoms with Crippen LogP contribution in [0.25, 0.3) is 0 Å². The van der Waals surface area contributed by atoms with Crippen molar-refractivity contribution >= 4 is 23.4 Å². The van der Waals surface area contributed by atoms with E-state index in [4.69, 9.17) is 11.6 Å². The largest absolute Gasteiger partial charge is 0.352 e. The van der Waals surface area contributed by atoms with Gasteiger partial charge in [0.15, 0.2) is 0 Å². The average molecular weight is 431 g/mol. The summed E-state index contributed by atoms with van der Waals surface area (Å²) in [5.41, 5.74) is 1.14. The van der Waals surface area contributed by atoms with E-state index >= 15 is 0 Å². The van der Waals surface area contributed by atoms with E-state index in [1.54, 1.807) is 43.3 Å². The molecule has 0 saturated heterocycles. The number of halogens is 2. The van der Waals surface area contributed by atoms with Gasteiger partial charge in [-0.2, -0.15) is 0 Å². The van der Waals surface area contributed by atoms with Gasteiger partial charge in [0, 0.05) is 23.2 Å². The van der Waals surface area contributed by atoms with Crippen LogP contribution >= 0.6 is 11.6 Å². The van der Waals surface area contributed by atoms with Crippen LogP contribution in [0, 0.1) is 5.82 Å². The van der Waals surface area contributed by atoms with Gasteiger partial charge in [-0.05, 0) is 43.5 Å². The first-order chi connectivity index (χ1) is 14.4. The number of carbonyl (C=O) groups is 2. The Morgan fingerprint density at radius 1 is 1.13 bits per heavy atom. The molecule has 160 valence electrons. The molecule has 4 nitrogen and oxygen atoms in total. The Morgan fingerprint density at radius 2 is 1.87 bits per heavy atom. The van der Waals surface area contributed by atoms with Gasteiger partial charge in [0.2, 0.25) is 11.8 Å². The first-order valence-electron chi connectivity index (χ1n) is 10.5. The number of hydrogen-bond acceptors (Lipinski definition) is 2. The van der Waals surface area contributed by atoms with Crippen molar-refractivity contribution in [3.05, 3.63) is 70.5 Å². The Labute approximate surface area is 182 Å². The molecule has 0 bridgehead atoms. The normalized spacial score (nSPS) is 15.4. The van der Waals surface area contributed by atoms with E-state index in [1.807, 2.05) is 6.07 Å². The number of nitrogens with zero attached hydrogens (tertiary/aromatic N) is 1. The van der Waals surface area contributed by atoms with Crippen LogP contribution in [0.5, 0.6) is 0 Å². The zero-order valence-corrected chi connectivity index (χ0v) is 18.0. The van der Waals surface area contributed by atoms with Crippen LogP contribution < -0.4 is 5.32 Å². The van der Waals surface area contributed by atoms with Gasteiger partial charge in [0.1, 0.15) is 11.9 Å². The van der Waals surface area contributed by atoms with Crippen molar-refractivity contribution in [3.8, 4) is 0 Å². The Kier molecular flexibility index (Phi) is 7.86. The van der Waals surface area contributed by atoms with Crippen LogP contribution in [0.4, 0.5) is 4.39 Å². The molecule has 1 unspecified atom stereocenters. The van der Waals surface area contributed by atoms with Crippen LogP contribution in [-0.2, 0) is 22.6 Å². The molecular weight excluding hydrogens is 403 g/mol. The Morgan fingerprint density at radius 3 is 2.57 bits per heavy atom. The van der Waals surface area contributed by atoms with Gasteiger partial charge in [-0.1, -0.05) is 61.2 Å². The van der Waals surface area contributed by atoms with E-state index in [2.05, 4.69) is 5.32 Å². The zero-order valence-electron chi connectivity index (χ0n) is 17.2.